The van der Waals surface area contributed by atoms with Crippen LogP contribution in [0.5, 0.6) is 0 Å². The summed E-state index contributed by atoms with van der Waals surface area (Å²) in [5, 5.41) is -0.507. The van der Waals surface area contributed by atoms with Crippen molar-refractivity contribution in [2.75, 3.05) is 0 Å². The molecule has 1 heterocycles. The van der Waals surface area contributed by atoms with E-state index in [1.807, 2.05) is 0 Å². The van der Waals surface area contributed by atoms with Crippen LogP contribution in [0.25, 0.3) is 0 Å². The van der Waals surface area contributed by atoms with Crippen molar-refractivity contribution in [2.24, 2.45) is 5.92 Å². The number of aromatic nitrogens is 1. The number of hydrogen-bond donors (Lipinski definition) is 1. The molecule has 2 atom stereocenters. The molecule has 0 aliphatic heterocycles. The Morgan fingerprint density at radius 3 is 2.84 bits per heavy atom. The van der Waals surface area contributed by atoms with E-state index in [1.165, 1.54) is 12.3 Å². The third-order valence-corrected chi connectivity index (χ3v) is 5.01. The highest BCUT2D eigenvalue weighted by Gasteiger charge is 2.25. The average molecular weight is 286 g/mol. The minimum Gasteiger partial charge on any atom is -0.241 e. The van der Waals surface area contributed by atoms with Gasteiger partial charge in [-0.15, -0.1) is 0 Å². The highest BCUT2D eigenvalue weighted by Crippen LogP contribution is 2.23. The van der Waals surface area contributed by atoms with Crippen LogP contribution < -0.4 is 4.72 Å². The van der Waals surface area contributed by atoms with Crippen molar-refractivity contribution >= 4 is 10.0 Å². The van der Waals surface area contributed by atoms with E-state index in [0.29, 0.717) is 5.92 Å². The Hall–Kier alpha value is -1.01. The van der Waals surface area contributed by atoms with Crippen LogP contribution in [0, 0.1) is 11.7 Å². The minimum absolute atomic E-state index is 0.114. The van der Waals surface area contributed by atoms with E-state index in [9.17, 15) is 12.8 Å². The van der Waals surface area contributed by atoms with E-state index in [-0.39, 0.29) is 6.04 Å². The van der Waals surface area contributed by atoms with Gasteiger partial charge < -0.3 is 0 Å². The standard InChI is InChI=1S/C13H19FN2O2S/c1-10-4-2-5-11(8-7-10)16-19(17,18)13-12(14)6-3-9-15-13/h3,6,9-11,16H,2,4-5,7-8H2,1H3. The molecule has 1 aliphatic carbocycles. The van der Waals surface area contributed by atoms with E-state index < -0.39 is 20.9 Å². The number of rotatable bonds is 3. The molecule has 6 heteroatoms. The van der Waals surface area contributed by atoms with Crippen LogP contribution in [0.2, 0.25) is 0 Å². The number of hydrogen-bond acceptors (Lipinski definition) is 3. The van der Waals surface area contributed by atoms with E-state index in [1.54, 1.807) is 0 Å². The van der Waals surface area contributed by atoms with Crippen molar-refractivity contribution in [3.63, 3.8) is 0 Å². The van der Waals surface area contributed by atoms with Crippen molar-refractivity contribution in [2.45, 2.75) is 50.1 Å². The van der Waals surface area contributed by atoms with E-state index in [4.69, 9.17) is 0 Å². The van der Waals surface area contributed by atoms with Crippen LogP contribution in [0.3, 0.4) is 0 Å². The average Bonchev–Trinajstić information content (AvgIpc) is 2.54. The fraction of sp³-hybridized carbons (Fsp3) is 0.615. The predicted molar refractivity (Wildman–Crippen MR) is 70.6 cm³/mol. The second-order valence-corrected chi connectivity index (χ2v) is 6.85. The number of halogens is 1. The van der Waals surface area contributed by atoms with Crippen molar-refractivity contribution in [1.82, 2.24) is 9.71 Å². The summed E-state index contributed by atoms with van der Waals surface area (Å²) >= 11 is 0. The maximum Gasteiger partial charge on any atom is 0.261 e. The molecule has 1 N–H and O–H groups in total. The minimum atomic E-state index is -3.86. The van der Waals surface area contributed by atoms with E-state index in [0.717, 1.165) is 38.2 Å². The summed E-state index contributed by atoms with van der Waals surface area (Å²) in [7, 11) is -3.86. The molecule has 0 radical (unpaired) electrons. The third-order valence-electron chi connectivity index (χ3n) is 3.56. The lowest BCUT2D eigenvalue weighted by molar-refractivity contribution is 0.480. The second kappa shape index (κ2) is 5.96. The van der Waals surface area contributed by atoms with Gasteiger partial charge >= 0.3 is 0 Å². The zero-order valence-electron chi connectivity index (χ0n) is 11.0. The Kier molecular flexibility index (Phi) is 4.52. The van der Waals surface area contributed by atoms with Gasteiger partial charge in [-0.3, -0.25) is 0 Å². The first kappa shape index (κ1) is 14.4. The third kappa shape index (κ3) is 3.73. The van der Waals surface area contributed by atoms with Gasteiger partial charge in [0.25, 0.3) is 10.0 Å². The fourth-order valence-corrected chi connectivity index (χ4v) is 3.76. The Balaban J connectivity index is 2.11. The molecule has 1 aromatic rings. The van der Waals surface area contributed by atoms with Crippen LogP contribution in [0.15, 0.2) is 23.4 Å². The number of sulfonamides is 1. The molecule has 4 nitrogen and oxygen atoms in total. The topological polar surface area (TPSA) is 59.1 Å². The predicted octanol–water partition coefficient (Wildman–Crippen LogP) is 2.47. The molecule has 0 amide bonds. The molecular weight excluding hydrogens is 267 g/mol. The summed E-state index contributed by atoms with van der Waals surface area (Å²) in [6, 6.07) is 2.37. The lowest BCUT2D eigenvalue weighted by Gasteiger charge is -2.16. The molecule has 0 aromatic carbocycles. The van der Waals surface area contributed by atoms with E-state index >= 15 is 0 Å². The smallest absolute Gasteiger partial charge is 0.241 e. The van der Waals surface area contributed by atoms with E-state index in [2.05, 4.69) is 16.6 Å². The first-order chi connectivity index (χ1) is 8.99. The van der Waals surface area contributed by atoms with Crippen molar-refractivity contribution < 1.29 is 12.8 Å². The molecule has 0 spiro atoms. The maximum absolute atomic E-state index is 13.5. The largest absolute Gasteiger partial charge is 0.261 e. The molecule has 1 saturated carbocycles. The Morgan fingerprint density at radius 1 is 1.32 bits per heavy atom. The molecule has 19 heavy (non-hydrogen) atoms. The normalized spacial score (nSPS) is 24.9. The SMILES string of the molecule is CC1CCCC(NS(=O)(=O)c2ncccc2F)CC1. The summed E-state index contributed by atoms with van der Waals surface area (Å²) in [4.78, 5) is 3.63. The first-order valence-corrected chi connectivity index (χ1v) is 8.10. The lowest BCUT2D eigenvalue weighted by atomic mass is 10.0. The van der Waals surface area contributed by atoms with Gasteiger partial charge in [-0.2, -0.15) is 0 Å². The van der Waals surface area contributed by atoms with Gasteiger partial charge in [0.05, 0.1) is 0 Å². The fourth-order valence-electron chi connectivity index (χ4n) is 2.45. The number of nitrogens with one attached hydrogen (secondary N) is 1. The second-order valence-electron chi connectivity index (χ2n) is 5.22. The van der Waals surface area contributed by atoms with Crippen LogP contribution in [0.4, 0.5) is 4.39 Å². The monoisotopic (exact) mass is 286 g/mol. The zero-order chi connectivity index (χ0) is 13.9. The van der Waals surface area contributed by atoms with Gasteiger partial charge in [0.1, 0.15) is 0 Å². The van der Waals surface area contributed by atoms with Crippen molar-refractivity contribution in [3.05, 3.63) is 24.1 Å². The quantitative estimate of drug-likeness (QED) is 0.868. The highest BCUT2D eigenvalue weighted by atomic mass is 32.2. The van der Waals surface area contributed by atoms with Gasteiger partial charge in [0.15, 0.2) is 5.82 Å². The molecule has 106 valence electrons. The van der Waals surface area contributed by atoms with Crippen LogP contribution in [-0.4, -0.2) is 19.4 Å². The van der Waals surface area contributed by atoms with Crippen LogP contribution >= 0.6 is 0 Å². The lowest BCUT2D eigenvalue weighted by Crippen LogP contribution is -2.35. The molecule has 2 unspecified atom stereocenters. The molecule has 1 aliphatic rings. The summed E-state index contributed by atoms with van der Waals surface area (Å²) in [5.74, 6) is -0.182. The molecule has 1 fully saturated rings. The Labute approximate surface area is 113 Å². The summed E-state index contributed by atoms with van der Waals surface area (Å²) in [6.45, 7) is 2.18. The van der Waals surface area contributed by atoms with Crippen molar-refractivity contribution in [1.29, 1.82) is 0 Å². The molecule has 2 rings (SSSR count). The van der Waals surface area contributed by atoms with Gasteiger partial charge in [0.2, 0.25) is 5.03 Å². The van der Waals surface area contributed by atoms with Crippen molar-refractivity contribution in [3.8, 4) is 0 Å². The van der Waals surface area contributed by atoms with Gasteiger partial charge in [-0.25, -0.2) is 22.5 Å². The summed E-state index contributed by atoms with van der Waals surface area (Å²) < 4.78 is 40.3. The summed E-state index contributed by atoms with van der Waals surface area (Å²) in [5.41, 5.74) is 0. The highest BCUT2D eigenvalue weighted by molar-refractivity contribution is 7.89. The van der Waals surface area contributed by atoms with Crippen LogP contribution in [0.1, 0.15) is 39.0 Å². The number of pyridine rings is 1. The molecule has 0 saturated heterocycles. The molecular formula is C13H19FN2O2S. The molecule has 1 aromatic heterocycles. The maximum atomic E-state index is 13.5. The zero-order valence-corrected chi connectivity index (χ0v) is 11.8. The molecule has 0 bridgehead atoms. The van der Waals surface area contributed by atoms with Gasteiger partial charge in [0, 0.05) is 12.2 Å². The van der Waals surface area contributed by atoms with Crippen LogP contribution in [-0.2, 0) is 10.0 Å². The Bertz CT molecular complexity index is 533. The summed E-state index contributed by atoms with van der Waals surface area (Å²) in [6.07, 6.45) is 6.01. The number of nitrogens with zero attached hydrogens (tertiary/aromatic N) is 1. The first-order valence-electron chi connectivity index (χ1n) is 6.62. The van der Waals surface area contributed by atoms with Gasteiger partial charge in [-0.1, -0.05) is 19.8 Å². The van der Waals surface area contributed by atoms with Gasteiger partial charge in [-0.05, 0) is 37.3 Å². The Morgan fingerprint density at radius 2 is 2.11 bits per heavy atom.